The molecule has 0 saturated heterocycles. The molecule has 5 heteroatoms. The highest BCUT2D eigenvalue weighted by molar-refractivity contribution is 6.33. The quantitative estimate of drug-likeness (QED) is 0.819. The van der Waals surface area contributed by atoms with Crippen LogP contribution in [0, 0.1) is 0 Å². The van der Waals surface area contributed by atoms with E-state index in [0.29, 0.717) is 10.7 Å². The number of hydrogen-bond donors (Lipinski definition) is 2. The molecule has 0 amide bonds. The molecule has 2 aromatic rings. The van der Waals surface area contributed by atoms with Crippen molar-refractivity contribution in [3.05, 3.63) is 41.2 Å². The molecule has 1 aromatic heterocycles. The summed E-state index contributed by atoms with van der Waals surface area (Å²) in [5.41, 5.74) is 8.26. The third kappa shape index (κ3) is 3.14. The molecule has 0 aliphatic rings. The Morgan fingerprint density at radius 1 is 1.41 bits per heavy atom. The highest BCUT2D eigenvalue weighted by Crippen LogP contribution is 2.23. The van der Waals surface area contributed by atoms with Crippen LogP contribution in [0.25, 0.3) is 0 Å². The van der Waals surface area contributed by atoms with Crippen molar-refractivity contribution < 1.29 is 0 Å². The SMILES string of the molecule is Cn1ccc(CCNc2ccc(N)cc2Cl)n1. The molecule has 2 rings (SSSR count). The number of nitrogens with two attached hydrogens (primary N) is 1. The molecule has 0 unspecified atom stereocenters. The van der Waals surface area contributed by atoms with Crippen molar-refractivity contribution in [1.29, 1.82) is 0 Å². The van der Waals surface area contributed by atoms with Gasteiger partial charge in [0.2, 0.25) is 0 Å². The standard InChI is InChI=1S/C12H15ClN4/c1-17-7-5-10(16-17)4-6-15-12-3-2-9(14)8-11(12)13/h2-3,5,7-8,15H,4,6,14H2,1H3. The van der Waals surface area contributed by atoms with Gasteiger partial charge in [0, 0.05) is 31.9 Å². The van der Waals surface area contributed by atoms with Crippen molar-refractivity contribution in [2.45, 2.75) is 6.42 Å². The molecule has 0 bridgehead atoms. The van der Waals surface area contributed by atoms with Gasteiger partial charge in [-0.3, -0.25) is 4.68 Å². The van der Waals surface area contributed by atoms with Crippen molar-refractivity contribution in [2.75, 3.05) is 17.6 Å². The summed E-state index contributed by atoms with van der Waals surface area (Å²) in [7, 11) is 1.91. The Hall–Kier alpha value is -1.68. The number of halogens is 1. The minimum atomic E-state index is 0.644. The first-order valence-electron chi connectivity index (χ1n) is 5.42. The third-order valence-electron chi connectivity index (χ3n) is 2.46. The van der Waals surface area contributed by atoms with Crippen molar-refractivity contribution in [3.63, 3.8) is 0 Å². The Labute approximate surface area is 105 Å². The van der Waals surface area contributed by atoms with Crippen LogP contribution in [-0.2, 0) is 13.5 Å². The first-order chi connectivity index (χ1) is 8.15. The van der Waals surface area contributed by atoms with Gasteiger partial charge in [0.1, 0.15) is 0 Å². The minimum absolute atomic E-state index is 0.644. The van der Waals surface area contributed by atoms with Crippen LogP contribution >= 0.6 is 11.6 Å². The number of nitrogens with zero attached hydrogens (tertiary/aromatic N) is 2. The Morgan fingerprint density at radius 3 is 2.88 bits per heavy atom. The zero-order chi connectivity index (χ0) is 12.3. The number of anilines is 2. The predicted molar refractivity (Wildman–Crippen MR) is 71.3 cm³/mol. The van der Waals surface area contributed by atoms with Gasteiger partial charge in [-0.1, -0.05) is 11.6 Å². The molecular weight excluding hydrogens is 236 g/mol. The van der Waals surface area contributed by atoms with Crippen LogP contribution in [-0.4, -0.2) is 16.3 Å². The van der Waals surface area contributed by atoms with Crippen molar-refractivity contribution in [1.82, 2.24) is 9.78 Å². The second kappa shape index (κ2) is 5.10. The first kappa shape index (κ1) is 11.8. The molecule has 3 N–H and O–H groups in total. The van der Waals surface area contributed by atoms with Gasteiger partial charge in [0.05, 0.1) is 16.4 Å². The van der Waals surface area contributed by atoms with Crippen LogP contribution in [0.5, 0.6) is 0 Å². The molecule has 4 nitrogen and oxygen atoms in total. The van der Waals surface area contributed by atoms with E-state index in [1.54, 1.807) is 10.7 Å². The van der Waals surface area contributed by atoms with E-state index in [-0.39, 0.29) is 0 Å². The maximum Gasteiger partial charge on any atom is 0.0657 e. The molecule has 1 heterocycles. The number of aromatic nitrogens is 2. The van der Waals surface area contributed by atoms with E-state index >= 15 is 0 Å². The van der Waals surface area contributed by atoms with Crippen LogP contribution < -0.4 is 11.1 Å². The first-order valence-corrected chi connectivity index (χ1v) is 5.80. The third-order valence-corrected chi connectivity index (χ3v) is 2.77. The van der Waals surface area contributed by atoms with Crippen LogP contribution in [0.1, 0.15) is 5.69 Å². The van der Waals surface area contributed by atoms with Crippen LogP contribution in [0.3, 0.4) is 0 Å². The smallest absolute Gasteiger partial charge is 0.0657 e. The van der Waals surface area contributed by atoms with Gasteiger partial charge in [-0.15, -0.1) is 0 Å². The highest BCUT2D eigenvalue weighted by Gasteiger charge is 2.01. The summed E-state index contributed by atoms with van der Waals surface area (Å²) in [4.78, 5) is 0. The Balaban J connectivity index is 1.90. The highest BCUT2D eigenvalue weighted by atomic mass is 35.5. The van der Waals surface area contributed by atoms with E-state index < -0.39 is 0 Å². The van der Waals surface area contributed by atoms with Gasteiger partial charge in [-0.05, 0) is 24.3 Å². The molecule has 17 heavy (non-hydrogen) atoms. The number of benzene rings is 1. The molecule has 0 atom stereocenters. The predicted octanol–water partition coefficient (Wildman–Crippen LogP) is 2.31. The van der Waals surface area contributed by atoms with Gasteiger partial charge in [0.25, 0.3) is 0 Å². The largest absolute Gasteiger partial charge is 0.399 e. The summed E-state index contributed by atoms with van der Waals surface area (Å²) in [6, 6.07) is 7.46. The molecule has 0 radical (unpaired) electrons. The molecule has 0 aliphatic heterocycles. The summed E-state index contributed by atoms with van der Waals surface area (Å²) in [5, 5.41) is 8.21. The molecule has 0 aliphatic carbocycles. The second-order valence-electron chi connectivity index (χ2n) is 3.90. The number of nitrogens with one attached hydrogen (secondary N) is 1. The number of rotatable bonds is 4. The van der Waals surface area contributed by atoms with E-state index in [4.69, 9.17) is 17.3 Å². The van der Waals surface area contributed by atoms with Gasteiger partial charge < -0.3 is 11.1 Å². The van der Waals surface area contributed by atoms with Crippen molar-refractivity contribution in [3.8, 4) is 0 Å². The van der Waals surface area contributed by atoms with E-state index in [9.17, 15) is 0 Å². The maximum absolute atomic E-state index is 6.05. The van der Waals surface area contributed by atoms with Gasteiger partial charge in [-0.25, -0.2) is 0 Å². The topological polar surface area (TPSA) is 55.9 Å². The average molecular weight is 251 g/mol. The fourth-order valence-electron chi connectivity index (χ4n) is 1.60. The zero-order valence-electron chi connectivity index (χ0n) is 9.65. The molecule has 0 saturated carbocycles. The van der Waals surface area contributed by atoms with Crippen molar-refractivity contribution >= 4 is 23.0 Å². The van der Waals surface area contributed by atoms with Gasteiger partial charge >= 0.3 is 0 Å². The van der Waals surface area contributed by atoms with Crippen LogP contribution in [0.4, 0.5) is 11.4 Å². The molecular formula is C12H15ClN4. The second-order valence-corrected chi connectivity index (χ2v) is 4.30. The fraction of sp³-hybridized carbons (Fsp3) is 0.250. The number of nitrogen functional groups attached to an aromatic ring is 1. The van der Waals surface area contributed by atoms with Crippen LogP contribution in [0.15, 0.2) is 30.5 Å². The lowest BCUT2D eigenvalue weighted by Crippen LogP contribution is -2.06. The summed E-state index contributed by atoms with van der Waals surface area (Å²) in [6.45, 7) is 0.792. The molecule has 90 valence electrons. The van der Waals surface area contributed by atoms with E-state index in [1.165, 1.54) is 0 Å². The van der Waals surface area contributed by atoms with Crippen LogP contribution in [0.2, 0.25) is 5.02 Å². The summed E-state index contributed by atoms with van der Waals surface area (Å²) in [6.07, 6.45) is 2.80. The minimum Gasteiger partial charge on any atom is -0.399 e. The molecule has 0 spiro atoms. The van der Waals surface area contributed by atoms with Gasteiger partial charge in [-0.2, -0.15) is 5.10 Å². The lowest BCUT2D eigenvalue weighted by Gasteiger charge is -2.07. The Morgan fingerprint density at radius 2 is 2.24 bits per heavy atom. The van der Waals surface area contributed by atoms with Crippen molar-refractivity contribution in [2.24, 2.45) is 7.05 Å². The number of hydrogen-bond acceptors (Lipinski definition) is 3. The number of aryl methyl sites for hydroxylation is 1. The van der Waals surface area contributed by atoms with Gasteiger partial charge in [0.15, 0.2) is 0 Å². The maximum atomic E-state index is 6.05. The normalized spacial score (nSPS) is 10.5. The van der Waals surface area contributed by atoms with E-state index in [2.05, 4.69) is 10.4 Å². The summed E-state index contributed by atoms with van der Waals surface area (Å²) >= 11 is 6.05. The lowest BCUT2D eigenvalue weighted by atomic mass is 10.2. The van der Waals surface area contributed by atoms with E-state index in [0.717, 1.165) is 24.3 Å². The monoisotopic (exact) mass is 250 g/mol. The van der Waals surface area contributed by atoms with E-state index in [1.807, 2.05) is 31.4 Å². The zero-order valence-corrected chi connectivity index (χ0v) is 10.4. The summed E-state index contributed by atoms with van der Waals surface area (Å²) in [5.74, 6) is 0. The lowest BCUT2D eigenvalue weighted by molar-refractivity contribution is 0.742. The Bertz CT molecular complexity index is 507. The molecule has 0 fully saturated rings. The molecule has 1 aromatic carbocycles. The average Bonchev–Trinajstić information content (AvgIpc) is 2.68. The fourth-order valence-corrected chi connectivity index (χ4v) is 1.85. The Kier molecular flexibility index (Phi) is 3.54. The summed E-state index contributed by atoms with van der Waals surface area (Å²) < 4.78 is 1.80.